The molecule has 1 atom stereocenters. The largest absolute Gasteiger partial charge is 0.480 e. The third kappa shape index (κ3) is 9.91. The summed E-state index contributed by atoms with van der Waals surface area (Å²) >= 11 is 1.28. The molecular weight excluding hydrogens is 270 g/mol. The number of nitriles is 1. The number of carbonyl (C=O) groups is 3. The number of carboxylic acid groups (broad SMARTS) is 1. The highest BCUT2D eigenvalue weighted by molar-refractivity contribution is 7.99. The molecule has 0 aliphatic carbocycles. The molecule has 0 aliphatic rings. The lowest BCUT2D eigenvalue weighted by Gasteiger charge is -2.12. The molecule has 0 aromatic rings. The van der Waals surface area contributed by atoms with Gasteiger partial charge in [0.05, 0.1) is 18.2 Å². The molecule has 0 spiro atoms. The third-order valence-electron chi connectivity index (χ3n) is 2.02. The molecule has 3 N–H and O–H groups in total. The third-order valence-corrected chi connectivity index (χ3v) is 3.01. The van der Waals surface area contributed by atoms with Gasteiger partial charge in [-0.3, -0.25) is 9.59 Å². The van der Waals surface area contributed by atoms with Crippen molar-refractivity contribution in [1.29, 1.82) is 5.26 Å². The molecule has 2 amide bonds. The van der Waals surface area contributed by atoms with E-state index in [0.29, 0.717) is 12.3 Å². The molecule has 0 aliphatic heterocycles. The summed E-state index contributed by atoms with van der Waals surface area (Å²) < 4.78 is 0. The molecule has 1 unspecified atom stereocenters. The summed E-state index contributed by atoms with van der Waals surface area (Å²) in [4.78, 5) is 32.8. The smallest absolute Gasteiger partial charge is 0.326 e. The SMILES string of the molecule is CC(=O)NC(CCSCC(=O)NCCC#N)C(=O)O. The Morgan fingerprint density at radius 1 is 1.42 bits per heavy atom. The van der Waals surface area contributed by atoms with Crippen LogP contribution in [0.5, 0.6) is 0 Å². The van der Waals surface area contributed by atoms with Crippen molar-refractivity contribution >= 4 is 29.5 Å². The number of rotatable bonds is 9. The molecule has 19 heavy (non-hydrogen) atoms. The first-order chi connectivity index (χ1) is 8.97. The van der Waals surface area contributed by atoms with Crippen molar-refractivity contribution in [2.45, 2.75) is 25.8 Å². The fraction of sp³-hybridized carbons (Fsp3) is 0.636. The van der Waals surface area contributed by atoms with Crippen molar-refractivity contribution in [2.75, 3.05) is 18.1 Å². The molecule has 0 aromatic heterocycles. The fourth-order valence-corrected chi connectivity index (χ4v) is 2.01. The van der Waals surface area contributed by atoms with E-state index in [2.05, 4.69) is 10.6 Å². The summed E-state index contributed by atoms with van der Waals surface area (Å²) in [5.74, 6) is -1.02. The summed E-state index contributed by atoms with van der Waals surface area (Å²) in [7, 11) is 0. The Balaban J connectivity index is 3.76. The Bertz CT molecular complexity index is 367. The number of carbonyl (C=O) groups excluding carboxylic acids is 2. The van der Waals surface area contributed by atoms with Crippen LogP contribution in [0.25, 0.3) is 0 Å². The van der Waals surface area contributed by atoms with E-state index in [1.54, 1.807) is 0 Å². The highest BCUT2D eigenvalue weighted by Gasteiger charge is 2.17. The second kappa shape index (κ2) is 10.2. The van der Waals surface area contributed by atoms with Gasteiger partial charge in [0.15, 0.2) is 0 Å². The molecule has 106 valence electrons. The molecule has 0 heterocycles. The minimum Gasteiger partial charge on any atom is -0.480 e. The first-order valence-electron chi connectivity index (χ1n) is 5.68. The molecule has 0 saturated carbocycles. The monoisotopic (exact) mass is 287 g/mol. The van der Waals surface area contributed by atoms with Crippen molar-refractivity contribution in [3.05, 3.63) is 0 Å². The molecular formula is C11H17N3O4S. The van der Waals surface area contributed by atoms with E-state index in [9.17, 15) is 14.4 Å². The van der Waals surface area contributed by atoms with Gasteiger partial charge in [-0.2, -0.15) is 17.0 Å². The van der Waals surface area contributed by atoms with Crippen LogP contribution in [0.2, 0.25) is 0 Å². The first-order valence-corrected chi connectivity index (χ1v) is 6.84. The van der Waals surface area contributed by atoms with E-state index >= 15 is 0 Å². The number of hydrogen-bond donors (Lipinski definition) is 3. The lowest BCUT2D eigenvalue weighted by Crippen LogP contribution is -2.40. The zero-order valence-electron chi connectivity index (χ0n) is 10.6. The number of aliphatic carboxylic acids is 1. The van der Waals surface area contributed by atoms with Gasteiger partial charge in [-0.25, -0.2) is 4.79 Å². The topological polar surface area (TPSA) is 119 Å². The van der Waals surface area contributed by atoms with Crippen molar-refractivity contribution in [3.8, 4) is 6.07 Å². The molecule has 0 rings (SSSR count). The number of nitrogens with zero attached hydrogens (tertiary/aromatic N) is 1. The van der Waals surface area contributed by atoms with Crippen LogP contribution in [-0.4, -0.2) is 47.0 Å². The van der Waals surface area contributed by atoms with Gasteiger partial charge < -0.3 is 15.7 Å². The van der Waals surface area contributed by atoms with Crippen molar-refractivity contribution in [1.82, 2.24) is 10.6 Å². The maximum atomic E-state index is 11.2. The quantitative estimate of drug-likeness (QED) is 0.502. The van der Waals surface area contributed by atoms with E-state index in [1.807, 2.05) is 6.07 Å². The van der Waals surface area contributed by atoms with Gasteiger partial charge in [-0.05, 0) is 12.2 Å². The molecule has 0 saturated heterocycles. The molecule has 0 bridgehead atoms. The van der Waals surface area contributed by atoms with Gasteiger partial charge >= 0.3 is 5.97 Å². The van der Waals surface area contributed by atoms with Crippen LogP contribution in [0.3, 0.4) is 0 Å². The van der Waals surface area contributed by atoms with Crippen LogP contribution < -0.4 is 10.6 Å². The van der Waals surface area contributed by atoms with Crippen molar-refractivity contribution in [3.63, 3.8) is 0 Å². The van der Waals surface area contributed by atoms with Gasteiger partial charge in [0.25, 0.3) is 0 Å². The molecule has 8 heteroatoms. The molecule has 0 radical (unpaired) electrons. The summed E-state index contributed by atoms with van der Waals surface area (Å²) in [5, 5.41) is 22.0. The van der Waals surface area contributed by atoms with E-state index in [0.717, 1.165) is 0 Å². The number of thioether (sulfide) groups is 1. The Labute approximate surface area is 115 Å². The summed E-state index contributed by atoms with van der Waals surface area (Å²) in [5.41, 5.74) is 0. The minimum atomic E-state index is -1.09. The van der Waals surface area contributed by atoms with Crippen LogP contribution in [0, 0.1) is 11.3 Å². The van der Waals surface area contributed by atoms with E-state index in [-0.39, 0.29) is 24.5 Å². The van der Waals surface area contributed by atoms with Crippen LogP contribution in [-0.2, 0) is 14.4 Å². The Kier molecular flexibility index (Phi) is 9.26. The zero-order valence-corrected chi connectivity index (χ0v) is 11.5. The molecule has 0 fully saturated rings. The van der Waals surface area contributed by atoms with Gasteiger partial charge in [0.2, 0.25) is 11.8 Å². The Morgan fingerprint density at radius 3 is 2.63 bits per heavy atom. The lowest BCUT2D eigenvalue weighted by molar-refractivity contribution is -0.141. The van der Waals surface area contributed by atoms with E-state index in [4.69, 9.17) is 10.4 Å². The zero-order chi connectivity index (χ0) is 14.7. The average molecular weight is 287 g/mol. The standard InChI is InChI=1S/C11H17N3O4S/c1-8(15)14-9(11(17)18)3-6-19-7-10(16)13-5-2-4-12/h9H,2-3,5-7H2,1H3,(H,13,16)(H,14,15)(H,17,18). The predicted octanol–water partition coefficient (Wildman–Crippen LogP) is -0.271. The van der Waals surface area contributed by atoms with Gasteiger partial charge in [0, 0.05) is 13.5 Å². The number of nitrogens with one attached hydrogen (secondary N) is 2. The summed E-state index contributed by atoms with van der Waals surface area (Å²) in [6, 6.07) is 0.985. The second-order valence-corrected chi connectivity index (χ2v) is 4.80. The van der Waals surface area contributed by atoms with Crippen molar-refractivity contribution in [2.24, 2.45) is 0 Å². The average Bonchev–Trinajstić information content (AvgIpc) is 2.32. The van der Waals surface area contributed by atoms with E-state index in [1.165, 1.54) is 18.7 Å². The van der Waals surface area contributed by atoms with Crippen LogP contribution in [0.15, 0.2) is 0 Å². The molecule has 0 aromatic carbocycles. The lowest BCUT2D eigenvalue weighted by atomic mass is 10.2. The highest BCUT2D eigenvalue weighted by Crippen LogP contribution is 2.05. The van der Waals surface area contributed by atoms with Gasteiger partial charge in [0.1, 0.15) is 6.04 Å². The summed E-state index contributed by atoms with van der Waals surface area (Å²) in [6.45, 7) is 1.57. The highest BCUT2D eigenvalue weighted by atomic mass is 32.2. The number of carboxylic acids is 1. The van der Waals surface area contributed by atoms with Crippen LogP contribution >= 0.6 is 11.8 Å². The second-order valence-electron chi connectivity index (χ2n) is 3.69. The Hall–Kier alpha value is -1.75. The van der Waals surface area contributed by atoms with Crippen LogP contribution in [0.4, 0.5) is 0 Å². The van der Waals surface area contributed by atoms with E-state index < -0.39 is 17.9 Å². The predicted molar refractivity (Wildman–Crippen MR) is 70.4 cm³/mol. The maximum absolute atomic E-state index is 11.2. The molecule has 7 nitrogen and oxygen atoms in total. The number of amides is 2. The van der Waals surface area contributed by atoms with Gasteiger partial charge in [-0.15, -0.1) is 0 Å². The fourth-order valence-electron chi connectivity index (χ4n) is 1.18. The minimum absolute atomic E-state index is 0.188. The van der Waals surface area contributed by atoms with Crippen LogP contribution in [0.1, 0.15) is 19.8 Å². The Morgan fingerprint density at radius 2 is 2.11 bits per heavy atom. The first kappa shape index (κ1) is 17.2. The summed E-state index contributed by atoms with van der Waals surface area (Å²) in [6.07, 6.45) is 0.519. The number of hydrogen-bond acceptors (Lipinski definition) is 5. The maximum Gasteiger partial charge on any atom is 0.326 e. The van der Waals surface area contributed by atoms with Gasteiger partial charge in [-0.1, -0.05) is 0 Å². The normalized spacial score (nSPS) is 11.2. The van der Waals surface area contributed by atoms with Crippen molar-refractivity contribution < 1.29 is 19.5 Å².